The molecule has 1 aromatic carbocycles. The maximum absolute atomic E-state index is 12.7. The van der Waals surface area contributed by atoms with Crippen LogP contribution in [0, 0.1) is 0 Å². The average molecular weight is 475 g/mol. The van der Waals surface area contributed by atoms with Crippen molar-refractivity contribution in [3.8, 4) is 11.3 Å². The third-order valence-corrected chi connectivity index (χ3v) is 6.69. The second kappa shape index (κ2) is 8.86. The highest BCUT2D eigenvalue weighted by Crippen LogP contribution is 2.40. The molecule has 0 radical (unpaired) electrons. The highest BCUT2D eigenvalue weighted by atomic mass is 19.1. The molecule has 0 saturated carbocycles. The minimum Gasteiger partial charge on any atom is -0.354 e. The topological polar surface area (TPSA) is 87.5 Å². The summed E-state index contributed by atoms with van der Waals surface area (Å²) in [5, 5.41) is 13.9. The third kappa shape index (κ3) is 4.42. The number of hydrogen-bond donors (Lipinski definition) is 1. The van der Waals surface area contributed by atoms with Crippen molar-refractivity contribution >= 4 is 22.4 Å². The Kier molecular flexibility index (Phi) is 5.54. The van der Waals surface area contributed by atoms with E-state index in [4.69, 9.17) is 4.74 Å². The van der Waals surface area contributed by atoms with Gasteiger partial charge in [0.25, 0.3) is 0 Å². The molecule has 2 aliphatic rings. The first-order valence-corrected chi connectivity index (χ1v) is 11.8. The summed E-state index contributed by atoms with van der Waals surface area (Å²) in [5.41, 5.74) is 2.24. The number of alkyl halides is 1. The van der Waals surface area contributed by atoms with Crippen LogP contribution in [0.2, 0.25) is 0 Å². The first-order valence-electron chi connectivity index (χ1n) is 11.8. The highest BCUT2D eigenvalue weighted by molar-refractivity contribution is 5.88. The number of epoxide rings is 1. The van der Waals surface area contributed by atoms with Gasteiger partial charge in [-0.1, -0.05) is 17.3 Å². The van der Waals surface area contributed by atoms with E-state index in [0.717, 1.165) is 65.4 Å². The highest BCUT2D eigenvalue weighted by Gasteiger charge is 2.47. The van der Waals surface area contributed by atoms with Gasteiger partial charge in [0.2, 0.25) is 0 Å². The van der Waals surface area contributed by atoms with Crippen LogP contribution in [-0.4, -0.2) is 75.9 Å². The van der Waals surface area contributed by atoms with Crippen molar-refractivity contribution in [3.05, 3.63) is 60.6 Å². The van der Waals surface area contributed by atoms with Crippen LogP contribution >= 0.6 is 0 Å². The Balaban J connectivity index is 1.21. The molecule has 0 bridgehead atoms. The van der Waals surface area contributed by atoms with Crippen molar-refractivity contribution in [3.63, 3.8) is 0 Å². The lowest BCUT2D eigenvalue weighted by Crippen LogP contribution is -2.47. The smallest absolute Gasteiger partial charge is 0.190 e. The van der Waals surface area contributed by atoms with E-state index >= 15 is 0 Å². The zero-order chi connectivity index (χ0) is 23.8. The van der Waals surface area contributed by atoms with Crippen LogP contribution in [0.3, 0.4) is 0 Å². The fourth-order valence-corrected chi connectivity index (χ4v) is 4.60. The molecule has 10 heteroatoms. The lowest BCUT2D eigenvalue weighted by atomic mass is 10.1. The van der Waals surface area contributed by atoms with Crippen molar-refractivity contribution in [1.29, 1.82) is 0 Å². The maximum Gasteiger partial charge on any atom is 0.190 e. The molecule has 0 amide bonds. The van der Waals surface area contributed by atoms with E-state index in [1.54, 1.807) is 4.68 Å². The average Bonchev–Trinajstić information content (AvgIpc) is 3.54. The maximum atomic E-state index is 12.7. The van der Waals surface area contributed by atoms with Gasteiger partial charge >= 0.3 is 0 Å². The third-order valence-electron chi connectivity index (χ3n) is 6.69. The minimum atomic E-state index is -0.614. The van der Waals surface area contributed by atoms with Crippen LogP contribution in [0.15, 0.2) is 55.0 Å². The summed E-state index contributed by atoms with van der Waals surface area (Å²) in [5.74, 6) is 1.66. The van der Waals surface area contributed by atoms with Crippen molar-refractivity contribution in [2.45, 2.75) is 5.72 Å². The summed E-state index contributed by atoms with van der Waals surface area (Å²) < 4.78 is 20.3. The molecular weight excluding hydrogens is 447 g/mol. The van der Waals surface area contributed by atoms with Crippen LogP contribution in [-0.2, 0) is 17.5 Å². The fraction of sp³-hybridized carbons (Fsp3) is 0.360. The zero-order valence-corrected chi connectivity index (χ0v) is 19.6. The molecule has 4 aromatic rings. The number of ether oxygens (including phenoxy) is 1. The molecule has 2 saturated heterocycles. The number of pyridine rings is 2. The Morgan fingerprint density at radius 3 is 2.66 bits per heavy atom. The summed E-state index contributed by atoms with van der Waals surface area (Å²) in [4.78, 5) is 13.6. The lowest BCUT2D eigenvalue weighted by molar-refractivity contribution is 0.235. The molecule has 2 aliphatic heterocycles. The van der Waals surface area contributed by atoms with Gasteiger partial charge in [-0.2, -0.15) is 0 Å². The second-order valence-electron chi connectivity index (χ2n) is 9.07. The number of nitrogens with zero attached hydrogens (tertiary/aromatic N) is 7. The van der Waals surface area contributed by atoms with Crippen molar-refractivity contribution in [1.82, 2.24) is 29.9 Å². The first kappa shape index (κ1) is 21.9. The molecule has 180 valence electrons. The first-order chi connectivity index (χ1) is 17.1. The molecule has 0 aliphatic carbocycles. The van der Waals surface area contributed by atoms with Gasteiger partial charge in [-0.25, -0.2) is 14.4 Å². The fourth-order valence-electron chi connectivity index (χ4n) is 4.60. The molecule has 0 spiro atoms. The van der Waals surface area contributed by atoms with E-state index in [1.165, 1.54) is 0 Å². The largest absolute Gasteiger partial charge is 0.354 e. The van der Waals surface area contributed by atoms with Gasteiger partial charge in [0.15, 0.2) is 5.72 Å². The van der Waals surface area contributed by atoms with E-state index in [-0.39, 0.29) is 6.67 Å². The number of aryl methyl sites for hydroxylation is 1. The van der Waals surface area contributed by atoms with Gasteiger partial charge in [-0.15, -0.1) is 5.10 Å². The van der Waals surface area contributed by atoms with Crippen LogP contribution in [0.1, 0.15) is 5.56 Å². The zero-order valence-electron chi connectivity index (χ0n) is 19.6. The van der Waals surface area contributed by atoms with E-state index in [2.05, 4.69) is 47.5 Å². The summed E-state index contributed by atoms with van der Waals surface area (Å²) in [6.07, 6.45) is 5.59. The van der Waals surface area contributed by atoms with E-state index < -0.39 is 5.72 Å². The summed E-state index contributed by atoms with van der Waals surface area (Å²) >= 11 is 0. The molecule has 1 N–H and O–H groups in total. The van der Waals surface area contributed by atoms with E-state index in [1.807, 2.05) is 49.9 Å². The predicted octanol–water partition coefficient (Wildman–Crippen LogP) is 2.81. The van der Waals surface area contributed by atoms with Crippen LogP contribution in [0.5, 0.6) is 0 Å². The van der Waals surface area contributed by atoms with Gasteiger partial charge in [-0.05, 0) is 29.7 Å². The Morgan fingerprint density at radius 1 is 1.06 bits per heavy atom. The van der Waals surface area contributed by atoms with Crippen LogP contribution in [0.4, 0.5) is 16.0 Å². The second-order valence-corrected chi connectivity index (χ2v) is 9.07. The molecule has 2 fully saturated rings. The number of piperazine rings is 1. The number of aromatic nitrogens is 5. The van der Waals surface area contributed by atoms with Crippen molar-refractivity contribution in [2.24, 2.45) is 7.05 Å². The molecule has 5 heterocycles. The summed E-state index contributed by atoms with van der Waals surface area (Å²) in [7, 11) is 1.86. The van der Waals surface area contributed by atoms with E-state index in [9.17, 15) is 4.39 Å². The number of hydrogen-bond acceptors (Lipinski definition) is 8. The molecule has 6 rings (SSSR count). The molecule has 9 nitrogen and oxygen atoms in total. The molecular formula is C25H27FN8O. The van der Waals surface area contributed by atoms with Gasteiger partial charge in [0.05, 0.1) is 6.20 Å². The molecule has 1 unspecified atom stereocenters. The number of benzene rings is 1. The number of anilines is 2. The predicted molar refractivity (Wildman–Crippen MR) is 132 cm³/mol. The Morgan fingerprint density at radius 2 is 1.91 bits per heavy atom. The standard InChI is InChI=1S/C25H27FN8O/c1-32-16-22(30-31-32)18-2-3-19-15-28-23(13-20(19)12-18)29-25(17-35-25)21-4-6-27-24(14-21)34-10-8-33(7-5-26)9-11-34/h2-4,6,12-16H,5,7-11,17H2,1H3,(H,28,29). The Labute approximate surface area is 202 Å². The number of fused-ring (bicyclic) bond motifs is 1. The minimum absolute atomic E-state index is 0.302. The van der Waals surface area contributed by atoms with E-state index in [0.29, 0.717) is 13.2 Å². The van der Waals surface area contributed by atoms with Crippen LogP contribution in [0.25, 0.3) is 22.0 Å². The number of nitrogens with one attached hydrogen (secondary N) is 1. The SMILES string of the molecule is Cn1cc(-c2ccc3cnc(NC4(c5ccnc(N6CCN(CCF)CC6)c5)CO4)cc3c2)nn1. The van der Waals surface area contributed by atoms with Gasteiger partial charge in [-0.3, -0.25) is 9.58 Å². The molecule has 35 heavy (non-hydrogen) atoms. The summed E-state index contributed by atoms with van der Waals surface area (Å²) in [6.45, 7) is 4.10. The normalized spacial score (nSPS) is 20.3. The quantitative estimate of drug-likeness (QED) is 0.409. The van der Waals surface area contributed by atoms with Gasteiger partial charge < -0.3 is 15.0 Å². The van der Waals surface area contributed by atoms with Crippen LogP contribution < -0.4 is 10.2 Å². The number of halogens is 1. The molecule has 1 atom stereocenters. The lowest BCUT2D eigenvalue weighted by Gasteiger charge is -2.35. The Hall–Kier alpha value is -3.63. The monoisotopic (exact) mass is 474 g/mol. The van der Waals surface area contributed by atoms with Gasteiger partial charge in [0, 0.05) is 68.7 Å². The number of rotatable bonds is 7. The van der Waals surface area contributed by atoms with Crippen molar-refractivity contribution < 1.29 is 9.13 Å². The Bertz CT molecular complexity index is 1350. The van der Waals surface area contributed by atoms with Gasteiger partial charge in [0.1, 0.15) is 30.6 Å². The van der Waals surface area contributed by atoms with Crippen molar-refractivity contribution in [2.75, 3.05) is 56.2 Å². The molecule has 3 aromatic heterocycles. The summed E-state index contributed by atoms with van der Waals surface area (Å²) in [6, 6.07) is 12.3.